The van der Waals surface area contributed by atoms with Crippen LogP contribution in [0.25, 0.3) is 0 Å². The van der Waals surface area contributed by atoms with Gasteiger partial charge in [0.15, 0.2) is 0 Å². The molecule has 3 unspecified atom stereocenters. The van der Waals surface area contributed by atoms with E-state index in [0.717, 1.165) is 23.5 Å². The molecule has 0 amide bonds. The van der Waals surface area contributed by atoms with E-state index in [1.165, 1.54) is 0 Å². The second-order valence-electron chi connectivity index (χ2n) is 4.89. The molecule has 1 fully saturated rings. The van der Waals surface area contributed by atoms with Crippen LogP contribution in [0.4, 0.5) is 0 Å². The molecular formula is C14H22N2O3. The SMILES string of the molecule is COc1ccc(C(NN)C2COC(C)C2)c(OC)c1. The topological polar surface area (TPSA) is 65.7 Å². The lowest BCUT2D eigenvalue weighted by Crippen LogP contribution is -2.34. The van der Waals surface area contributed by atoms with Crippen LogP contribution in [0.1, 0.15) is 24.9 Å². The third kappa shape index (κ3) is 3.00. The average molecular weight is 266 g/mol. The number of benzene rings is 1. The normalized spacial score (nSPS) is 24.2. The average Bonchev–Trinajstić information content (AvgIpc) is 2.86. The fraction of sp³-hybridized carbons (Fsp3) is 0.571. The first-order valence-electron chi connectivity index (χ1n) is 6.49. The lowest BCUT2D eigenvalue weighted by molar-refractivity contribution is 0.116. The van der Waals surface area contributed by atoms with Gasteiger partial charge in [-0.1, -0.05) is 6.07 Å². The molecule has 0 aromatic heterocycles. The molecule has 0 saturated carbocycles. The van der Waals surface area contributed by atoms with Crippen molar-refractivity contribution in [1.29, 1.82) is 0 Å². The van der Waals surface area contributed by atoms with E-state index in [2.05, 4.69) is 12.3 Å². The Morgan fingerprint density at radius 1 is 1.37 bits per heavy atom. The highest BCUT2D eigenvalue weighted by molar-refractivity contribution is 5.42. The standard InChI is InChI=1S/C14H22N2O3/c1-9-6-10(8-19-9)14(16-15)12-5-4-11(17-2)7-13(12)18-3/h4-5,7,9-10,14,16H,6,8,15H2,1-3H3. The number of nitrogens with two attached hydrogens (primary N) is 1. The number of ether oxygens (including phenoxy) is 3. The molecule has 0 bridgehead atoms. The lowest BCUT2D eigenvalue weighted by Gasteiger charge is -2.24. The Labute approximate surface area is 114 Å². The van der Waals surface area contributed by atoms with Crippen LogP contribution in [0, 0.1) is 5.92 Å². The van der Waals surface area contributed by atoms with Crippen LogP contribution in [-0.4, -0.2) is 26.9 Å². The molecule has 2 rings (SSSR count). The molecule has 1 saturated heterocycles. The summed E-state index contributed by atoms with van der Waals surface area (Å²) in [7, 11) is 3.29. The minimum Gasteiger partial charge on any atom is -0.497 e. The van der Waals surface area contributed by atoms with E-state index >= 15 is 0 Å². The molecule has 1 aliphatic heterocycles. The van der Waals surface area contributed by atoms with Crippen LogP contribution in [0.5, 0.6) is 11.5 Å². The van der Waals surface area contributed by atoms with Crippen molar-refractivity contribution in [2.45, 2.75) is 25.5 Å². The molecule has 0 aliphatic carbocycles. The number of nitrogens with one attached hydrogen (secondary N) is 1. The fourth-order valence-corrected chi connectivity index (χ4v) is 2.64. The molecule has 1 heterocycles. The molecule has 1 aliphatic rings. The van der Waals surface area contributed by atoms with Crippen molar-refractivity contribution in [2.24, 2.45) is 11.8 Å². The largest absolute Gasteiger partial charge is 0.497 e. The van der Waals surface area contributed by atoms with Crippen LogP contribution in [0.3, 0.4) is 0 Å². The predicted octanol–water partition coefficient (Wildman–Crippen LogP) is 1.63. The Kier molecular flexibility index (Phi) is 4.63. The quantitative estimate of drug-likeness (QED) is 0.626. The Morgan fingerprint density at radius 3 is 2.68 bits per heavy atom. The maximum Gasteiger partial charge on any atom is 0.127 e. The number of methoxy groups -OCH3 is 2. The fourth-order valence-electron chi connectivity index (χ4n) is 2.64. The molecule has 0 radical (unpaired) electrons. The Hall–Kier alpha value is -1.30. The van der Waals surface area contributed by atoms with Crippen LogP contribution in [0.15, 0.2) is 18.2 Å². The van der Waals surface area contributed by atoms with Crippen molar-refractivity contribution >= 4 is 0 Å². The van der Waals surface area contributed by atoms with Crippen molar-refractivity contribution in [3.63, 3.8) is 0 Å². The number of hydrazine groups is 1. The molecule has 5 nitrogen and oxygen atoms in total. The third-order valence-electron chi connectivity index (χ3n) is 3.66. The van der Waals surface area contributed by atoms with Gasteiger partial charge in [-0.2, -0.15) is 0 Å². The first kappa shape index (κ1) is 14.1. The Bertz CT molecular complexity index is 425. The summed E-state index contributed by atoms with van der Waals surface area (Å²) in [5.74, 6) is 7.63. The molecule has 0 spiro atoms. The highest BCUT2D eigenvalue weighted by atomic mass is 16.5. The van der Waals surface area contributed by atoms with Gasteiger partial charge in [0.1, 0.15) is 11.5 Å². The zero-order valence-corrected chi connectivity index (χ0v) is 11.7. The van der Waals surface area contributed by atoms with Gasteiger partial charge in [0, 0.05) is 17.5 Å². The highest BCUT2D eigenvalue weighted by Gasteiger charge is 2.31. The van der Waals surface area contributed by atoms with Gasteiger partial charge in [-0.25, -0.2) is 0 Å². The molecule has 3 atom stereocenters. The molecule has 3 N–H and O–H groups in total. The van der Waals surface area contributed by atoms with Gasteiger partial charge < -0.3 is 14.2 Å². The summed E-state index contributed by atoms with van der Waals surface area (Å²) in [4.78, 5) is 0. The van der Waals surface area contributed by atoms with E-state index in [1.54, 1.807) is 14.2 Å². The number of hydrogen-bond acceptors (Lipinski definition) is 5. The minimum absolute atomic E-state index is 0.0193. The summed E-state index contributed by atoms with van der Waals surface area (Å²) in [6.45, 7) is 2.80. The number of hydrogen-bond donors (Lipinski definition) is 2. The van der Waals surface area contributed by atoms with E-state index in [0.29, 0.717) is 12.5 Å². The summed E-state index contributed by atoms with van der Waals surface area (Å²) in [6, 6.07) is 5.80. The van der Waals surface area contributed by atoms with Gasteiger partial charge in [0.05, 0.1) is 33.0 Å². The Morgan fingerprint density at radius 2 is 2.16 bits per heavy atom. The van der Waals surface area contributed by atoms with E-state index < -0.39 is 0 Å². The Balaban J connectivity index is 2.27. The van der Waals surface area contributed by atoms with Gasteiger partial charge in [0.2, 0.25) is 0 Å². The van der Waals surface area contributed by atoms with E-state index in [4.69, 9.17) is 20.1 Å². The smallest absolute Gasteiger partial charge is 0.127 e. The third-order valence-corrected chi connectivity index (χ3v) is 3.66. The van der Waals surface area contributed by atoms with E-state index in [-0.39, 0.29) is 12.1 Å². The summed E-state index contributed by atoms with van der Waals surface area (Å²) < 4.78 is 16.3. The minimum atomic E-state index is 0.0193. The van der Waals surface area contributed by atoms with E-state index in [9.17, 15) is 0 Å². The van der Waals surface area contributed by atoms with Gasteiger partial charge in [0.25, 0.3) is 0 Å². The van der Waals surface area contributed by atoms with Gasteiger partial charge in [-0.15, -0.1) is 0 Å². The summed E-state index contributed by atoms with van der Waals surface area (Å²) >= 11 is 0. The molecule has 1 aromatic carbocycles. The summed E-state index contributed by atoms with van der Waals surface area (Å²) in [6.07, 6.45) is 1.27. The molecule has 19 heavy (non-hydrogen) atoms. The molecule has 106 valence electrons. The first-order chi connectivity index (χ1) is 9.19. The zero-order valence-electron chi connectivity index (χ0n) is 11.7. The van der Waals surface area contributed by atoms with Gasteiger partial charge in [-0.05, 0) is 19.4 Å². The van der Waals surface area contributed by atoms with Crippen molar-refractivity contribution in [3.05, 3.63) is 23.8 Å². The molecule has 5 heteroatoms. The maximum atomic E-state index is 5.73. The van der Waals surface area contributed by atoms with Crippen molar-refractivity contribution in [2.75, 3.05) is 20.8 Å². The predicted molar refractivity (Wildman–Crippen MR) is 73.1 cm³/mol. The highest BCUT2D eigenvalue weighted by Crippen LogP contribution is 2.37. The first-order valence-corrected chi connectivity index (χ1v) is 6.49. The summed E-state index contributed by atoms with van der Waals surface area (Å²) in [5.41, 5.74) is 3.93. The van der Waals surface area contributed by atoms with Crippen molar-refractivity contribution in [3.8, 4) is 11.5 Å². The maximum absolute atomic E-state index is 5.73. The lowest BCUT2D eigenvalue weighted by atomic mass is 9.91. The van der Waals surface area contributed by atoms with E-state index in [1.807, 2.05) is 18.2 Å². The molecular weight excluding hydrogens is 244 g/mol. The van der Waals surface area contributed by atoms with Gasteiger partial charge >= 0.3 is 0 Å². The van der Waals surface area contributed by atoms with Crippen molar-refractivity contribution in [1.82, 2.24) is 5.43 Å². The van der Waals surface area contributed by atoms with Crippen molar-refractivity contribution < 1.29 is 14.2 Å². The second-order valence-corrected chi connectivity index (χ2v) is 4.89. The number of rotatable bonds is 5. The van der Waals surface area contributed by atoms with Crippen LogP contribution in [0.2, 0.25) is 0 Å². The van der Waals surface area contributed by atoms with Crippen LogP contribution in [-0.2, 0) is 4.74 Å². The van der Waals surface area contributed by atoms with Crippen LogP contribution >= 0.6 is 0 Å². The molecule has 1 aromatic rings. The van der Waals surface area contributed by atoms with Gasteiger partial charge in [-0.3, -0.25) is 11.3 Å². The second kappa shape index (κ2) is 6.23. The monoisotopic (exact) mass is 266 g/mol. The zero-order chi connectivity index (χ0) is 13.8. The van der Waals surface area contributed by atoms with Crippen LogP contribution < -0.4 is 20.7 Å². The summed E-state index contributed by atoms with van der Waals surface area (Å²) in [5, 5.41) is 0.